The summed E-state index contributed by atoms with van der Waals surface area (Å²) in [5.74, 6) is -2.97. The highest BCUT2D eigenvalue weighted by atomic mass is 16.5. The molecule has 2 aromatic carbocycles. The summed E-state index contributed by atoms with van der Waals surface area (Å²) in [4.78, 5) is 43.6. The summed E-state index contributed by atoms with van der Waals surface area (Å²) in [6.45, 7) is 5.95. The lowest BCUT2D eigenvalue weighted by atomic mass is 9.64. The van der Waals surface area contributed by atoms with Crippen molar-refractivity contribution in [3.05, 3.63) is 93.4 Å². The van der Waals surface area contributed by atoms with Gasteiger partial charge in [0.05, 0.1) is 18.7 Å². The molecule has 2 aliphatic heterocycles. The number of hydrogen-bond acceptors (Lipinski definition) is 6. The van der Waals surface area contributed by atoms with Crippen LogP contribution in [0.2, 0.25) is 0 Å². The molecule has 1 aromatic heterocycles. The largest absolute Gasteiger partial charge is 0.465 e. The molecule has 2 atom stereocenters. The maximum absolute atomic E-state index is 14.6. The Bertz CT molecular complexity index is 1450. The summed E-state index contributed by atoms with van der Waals surface area (Å²) in [5.41, 5.74) is 0.466. The number of nitrogens with zero attached hydrogens (tertiary/aromatic N) is 2. The highest BCUT2D eigenvalue weighted by Crippen LogP contribution is 2.55. The second-order valence-electron chi connectivity index (χ2n) is 8.93. The van der Waals surface area contributed by atoms with Crippen LogP contribution in [-0.4, -0.2) is 28.9 Å². The number of benzene rings is 2. The third-order valence-corrected chi connectivity index (χ3v) is 7.00. The first-order valence-corrected chi connectivity index (χ1v) is 12.0. The number of para-hydroxylation sites is 1. The number of fused-ring (bicyclic) bond motifs is 4. The van der Waals surface area contributed by atoms with Crippen molar-refractivity contribution in [3.63, 3.8) is 0 Å². The van der Waals surface area contributed by atoms with Gasteiger partial charge >= 0.3 is 5.97 Å². The molecule has 1 N–H and O–H groups in total. The van der Waals surface area contributed by atoms with E-state index in [0.717, 1.165) is 5.56 Å². The minimum Gasteiger partial charge on any atom is -0.465 e. The summed E-state index contributed by atoms with van der Waals surface area (Å²) >= 11 is 0. The van der Waals surface area contributed by atoms with E-state index in [2.05, 4.69) is 0 Å². The predicted octanol–water partition coefficient (Wildman–Crippen LogP) is 3.56. The third-order valence-electron chi connectivity index (χ3n) is 7.00. The first kappa shape index (κ1) is 23.5. The van der Waals surface area contributed by atoms with Gasteiger partial charge in [0, 0.05) is 24.0 Å². The van der Waals surface area contributed by atoms with E-state index in [1.165, 1.54) is 0 Å². The number of carbonyl (C=O) groups is 2. The molecule has 2 aliphatic rings. The number of ether oxygens (including phenoxy) is 2. The minimum atomic E-state index is -1.79. The van der Waals surface area contributed by atoms with Gasteiger partial charge in [0.15, 0.2) is 5.92 Å². The molecule has 36 heavy (non-hydrogen) atoms. The Kier molecular flexibility index (Phi) is 5.74. The van der Waals surface area contributed by atoms with Crippen molar-refractivity contribution in [2.75, 3.05) is 11.5 Å². The normalized spacial score (nSPS) is 20.2. The number of aryl methyl sites for hydroxylation is 1. The molecule has 8 nitrogen and oxygen atoms in total. The molecule has 0 radical (unpaired) electrons. The number of nitrogens with one attached hydrogen (secondary N) is 1. The van der Waals surface area contributed by atoms with Gasteiger partial charge in [-0.1, -0.05) is 48.5 Å². The SMILES string of the molecule is CCOC(=O)C1C(=N)Oc2cc(C)n(CC)c(=O)c2C12C(=O)N(Cc1ccccc1)c1ccccc12. The van der Waals surface area contributed by atoms with E-state index in [-0.39, 0.29) is 24.5 Å². The number of anilines is 1. The molecule has 2 unspecified atom stereocenters. The molecule has 0 aliphatic carbocycles. The van der Waals surface area contributed by atoms with Crippen LogP contribution in [0.3, 0.4) is 0 Å². The fourth-order valence-corrected chi connectivity index (χ4v) is 5.53. The lowest BCUT2D eigenvalue weighted by Gasteiger charge is -2.39. The fourth-order valence-electron chi connectivity index (χ4n) is 5.53. The van der Waals surface area contributed by atoms with E-state index in [0.29, 0.717) is 23.5 Å². The second kappa shape index (κ2) is 8.78. The van der Waals surface area contributed by atoms with Gasteiger partial charge in [0.2, 0.25) is 11.8 Å². The Morgan fingerprint density at radius 3 is 2.47 bits per heavy atom. The first-order chi connectivity index (χ1) is 17.4. The average molecular weight is 486 g/mol. The minimum absolute atomic E-state index is 0.0577. The van der Waals surface area contributed by atoms with Crippen molar-refractivity contribution in [2.24, 2.45) is 5.92 Å². The Hall–Kier alpha value is -4.20. The van der Waals surface area contributed by atoms with Crippen LogP contribution in [0.5, 0.6) is 5.75 Å². The van der Waals surface area contributed by atoms with Crippen LogP contribution in [0.1, 0.15) is 36.2 Å². The highest BCUT2D eigenvalue weighted by Gasteiger charge is 2.66. The van der Waals surface area contributed by atoms with Gasteiger partial charge in [-0.25, -0.2) is 0 Å². The van der Waals surface area contributed by atoms with Crippen LogP contribution in [0.15, 0.2) is 65.5 Å². The molecule has 0 fully saturated rings. The van der Waals surface area contributed by atoms with E-state index >= 15 is 0 Å². The molecule has 5 rings (SSSR count). The van der Waals surface area contributed by atoms with Crippen molar-refractivity contribution < 1.29 is 19.1 Å². The van der Waals surface area contributed by atoms with E-state index in [1.807, 2.05) is 43.3 Å². The van der Waals surface area contributed by atoms with Crippen molar-refractivity contribution in [2.45, 2.75) is 39.3 Å². The van der Waals surface area contributed by atoms with Crippen molar-refractivity contribution >= 4 is 23.5 Å². The lowest BCUT2D eigenvalue weighted by Crippen LogP contribution is -2.58. The van der Waals surface area contributed by atoms with Crippen molar-refractivity contribution in [3.8, 4) is 5.75 Å². The summed E-state index contributed by atoms with van der Waals surface area (Å²) in [5, 5.41) is 8.73. The van der Waals surface area contributed by atoms with Crippen molar-refractivity contribution in [1.82, 2.24) is 4.57 Å². The van der Waals surface area contributed by atoms with E-state index in [9.17, 15) is 14.4 Å². The van der Waals surface area contributed by atoms with Gasteiger partial charge in [-0.2, -0.15) is 0 Å². The summed E-state index contributed by atoms with van der Waals surface area (Å²) in [6, 6.07) is 18.3. The number of hydrogen-bond donors (Lipinski definition) is 1. The molecule has 1 amide bonds. The number of esters is 1. The van der Waals surface area contributed by atoms with E-state index in [1.54, 1.807) is 47.6 Å². The van der Waals surface area contributed by atoms with Gasteiger partial charge in [-0.3, -0.25) is 19.8 Å². The van der Waals surface area contributed by atoms with Gasteiger partial charge in [0.25, 0.3) is 5.56 Å². The molecule has 0 bridgehead atoms. The molecule has 3 aromatic rings. The Labute approximate surface area is 208 Å². The Morgan fingerprint density at radius 1 is 1.08 bits per heavy atom. The zero-order chi connectivity index (χ0) is 25.6. The molecular formula is C28H27N3O5. The number of carbonyl (C=O) groups excluding carboxylic acids is 2. The Morgan fingerprint density at radius 2 is 1.78 bits per heavy atom. The lowest BCUT2D eigenvalue weighted by molar-refractivity contribution is -0.150. The molecule has 0 saturated heterocycles. The third kappa shape index (κ3) is 3.21. The van der Waals surface area contributed by atoms with Crippen LogP contribution in [-0.2, 0) is 32.8 Å². The molecule has 1 spiro atoms. The number of aromatic nitrogens is 1. The molecule has 3 heterocycles. The number of pyridine rings is 1. The second-order valence-corrected chi connectivity index (χ2v) is 8.93. The van der Waals surface area contributed by atoms with E-state index < -0.39 is 34.7 Å². The molecule has 184 valence electrons. The standard InChI is InChI=1S/C28H27N3O5/c1-4-30-17(3)15-21-22(25(30)32)28(23(24(29)36-21)26(33)35-5-2)19-13-9-10-14-20(19)31(27(28)34)16-18-11-7-6-8-12-18/h6-15,23,29H,4-5,16H2,1-3H3. The van der Waals surface area contributed by atoms with Gasteiger partial charge in [-0.15, -0.1) is 0 Å². The highest BCUT2D eigenvalue weighted by molar-refractivity contribution is 6.18. The monoisotopic (exact) mass is 485 g/mol. The molecule has 8 heteroatoms. The summed E-state index contributed by atoms with van der Waals surface area (Å²) in [6.07, 6.45) is 0. The van der Waals surface area contributed by atoms with Crippen LogP contribution >= 0.6 is 0 Å². The summed E-state index contributed by atoms with van der Waals surface area (Å²) in [7, 11) is 0. The van der Waals surface area contributed by atoms with Crippen LogP contribution in [0.4, 0.5) is 5.69 Å². The van der Waals surface area contributed by atoms with Gasteiger partial charge < -0.3 is 18.9 Å². The predicted molar refractivity (Wildman–Crippen MR) is 134 cm³/mol. The average Bonchev–Trinajstić information content (AvgIpc) is 3.08. The maximum atomic E-state index is 14.6. The molecular weight excluding hydrogens is 458 g/mol. The van der Waals surface area contributed by atoms with Gasteiger partial charge in [-0.05, 0) is 38.0 Å². The van der Waals surface area contributed by atoms with Crippen molar-refractivity contribution in [1.29, 1.82) is 5.41 Å². The maximum Gasteiger partial charge on any atom is 0.320 e. The quantitative estimate of drug-likeness (QED) is 0.557. The topological polar surface area (TPSA) is 102 Å². The molecule has 0 saturated carbocycles. The number of rotatable bonds is 5. The number of amides is 1. The zero-order valence-electron chi connectivity index (χ0n) is 20.4. The zero-order valence-corrected chi connectivity index (χ0v) is 20.4. The fraction of sp³-hybridized carbons (Fsp3) is 0.286. The van der Waals surface area contributed by atoms with Gasteiger partial charge in [0.1, 0.15) is 11.2 Å². The first-order valence-electron chi connectivity index (χ1n) is 12.0. The van der Waals surface area contributed by atoms with Crippen LogP contribution < -0.4 is 15.2 Å². The Balaban J connectivity index is 1.86. The van der Waals surface area contributed by atoms with Crippen LogP contribution in [0.25, 0.3) is 0 Å². The summed E-state index contributed by atoms with van der Waals surface area (Å²) < 4.78 is 12.7. The smallest absolute Gasteiger partial charge is 0.320 e. The van der Waals surface area contributed by atoms with E-state index in [4.69, 9.17) is 14.9 Å². The van der Waals surface area contributed by atoms with Crippen LogP contribution in [0, 0.1) is 18.3 Å².